The maximum absolute atomic E-state index is 12.8. The van der Waals surface area contributed by atoms with Crippen LogP contribution in [-0.2, 0) is 10.2 Å². The minimum absolute atomic E-state index is 0.203. The number of ether oxygens (including phenoxy) is 1. The minimum Gasteiger partial charge on any atom is -0.455 e. The molecular formula is C20H24ClN3O2. The maximum atomic E-state index is 12.8. The number of nitrogens with two attached hydrogens (primary N) is 1. The fourth-order valence-corrected chi connectivity index (χ4v) is 3.86. The number of aromatic nitrogens is 1. The highest BCUT2D eigenvalue weighted by Gasteiger charge is 2.43. The fourth-order valence-electron chi connectivity index (χ4n) is 3.69. The SMILES string of the molecule is Cc1c(Cl)cccc1Oc1cccnc1C1(C(=O)NN)CCCCCC1. The van der Waals surface area contributed by atoms with E-state index in [0.29, 0.717) is 35.1 Å². The van der Waals surface area contributed by atoms with Crippen LogP contribution >= 0.6 is 11.6 Å². The summed E-state index contributed by atoms with van der Waals surface area (Å²) >= 11 is 6.21. The lowest BCUT2D eigenvalue weighted by Crippen LogP contribution is -2.47. The van der Waals surface area contributed by atoms with Crippen LogP contribution in [0.1, 0.15) is 49.8 Å². The van der Waals surface area contributed by atoms with Crippen LogP contribution in [0.5, 0.6) is 11.5 Å². The van der Waals surface area contributed by atoms with E-state index in [1.54, 1.807) is 6.20 Å². The van der Waals surface area contributed by atoms with E-state index in [0.717, 1.165) is 31.2 Å². The quantitative estimate of drug-likeness (QED) is 0.360. The number of amides is 1. The third-order valence-electron chi connectivity index (χ3n) is 5.18. The molecule has 1 aromatic carbocycles. The van der Waals surface area contributed by atoms with E-state index in [1.807, 2.05) is 37.3 Å². The van der Waals surface area contributed by atoms with Gasteiger partial charge in [-0.2, -0.15) is 0 Å². The van der Waals surface area contributed by atoms with Crippen LogP contribution in [-0.4, -0.2) is 10.9 Å². The van der Waals surface area contributed by atoms with Crippen molar-refractivity contribution in [3.05, 3.63) is 52.8 Å². The summed E-state index contributed by atoms with van der Waals surface area (Å²) < 4.78 is 6.17. The van der Waals surface area contributed by atoms with Crippen molar-refractivity contribution in [3.63, 3.8) is 0 Å². The first-order valence-corrected chi connectivity index (χ1v) is 9.36. The molecule has 2 aromatic rings. The Balaban J connectivity index is 2.06. The number of halogens is 1. The van der Waals surface area contributed by atoms with Crippen molar-refractivity contribution in [2.24, 2.45) is 5.84 Å². The molecule has 6 heteroatoms. The lowest BCUT2D eigenvalue weighted by molar-refractivity contribution is -0.127. The molecule has 5 nitrogen and oxygen atoms in total. The van der Waals surface area contributed by atoms with Crippen LogP contribution in [0, 0.1) is 6.92 Å². The first-order valence-electron chi connectivity index (χ1n) is 8.98. The zero-order valence-electron chi connectivity index (χ0n) is 14.9. The highest BCUT2D eigenvalue weighted by atomic mass is 35.5. The lowest BCUT2D eigenvalue weighted by atomic mass is 9.76. The van der Waals surface area contributed by atoms with Gasteiger partial charge in [-0.05, 0) is 44.0 Å². The molecule has 3 N–H and O–H groups in total. The summed E-state index contributed by atoms with van der Waals surface area (Å²) in [7, 11) is 0. The molecule has 1 heterocycles. The molecule has 1 saturated carbocycles. The molecule has 138 valence electrons. The Labute approximate surface area is 158 Å². The van der Waals surface area contributed by atoms with Crippen molar-refractivity contribution in [2.75, 3.05) is 0 Å². The molecule has 1 fully saturated rings. The van der Waals surface area contributed by atoms with Gasteiger partial charge in [0, 0.05) is 16.8 Å². The summed E-state index contributed by atoms with van der Waals surface area (Å²) in [5, 5.41) is 0.636. The number of carbonyl (C=O) groups is 1. The largest absolute Gasteiger partial charge is 0.455 e. The van der Waals surface area contributed by atoms with E-state index < -0.39 is 5.41 Å². The summed E-state index contributed by atoms with van der Waals surface area (Å²) in [5.41, 5.74) is 3.08. The third-order valence-corrected chi connectivity index (χ3v) is 5.59. The van der Waals surface area contributed by atoms with E-state index >= 15 is 0 Å². The van der Waals surface area contributed by atoms with E-state index in [1.165, 1.54) is 0 Å². The Morgan fingerprint density at radius 2 is 1.85 bits per heavy atom. The molecule has 0 radical (unpaired) electrons. The van der Waals surface area contributed by atoms with Crippen molar-refractivity contribution < 1.29 is 9.53 Å². The third kappa shape index (κ3) is 3.55. The number of hydrogen-bond acceptors (Lipinski definition) is 4. The summed E-state index contributed by atoms with van der Waals surface area (Å²) in [5.74, 6) is 6.56. The predicted octanol–water partition coefficient (Wildman–Crippen LogP) is 4.42. The smallest absolute Gasteiger partial charge is 0.246 e. The zero-order chi connectivity index (χ0) is 18.6. The van der Waals surface area contributed by atoms with Gasteiger partial charge in [-0.15, -0.1) is 0 Å². The summed E-state index contributed by atoms with van der Waals surface area (Å²) in [6.07, 6.45) is 7.24. The summed E-state index contributed by atoms with van der Waals surface area (Å²) in [6.45, 7) is 1.90. The minimum atomic E-state index is -0.770. The van der Waals surface area contributed by atoms with E-state index in [4.69, 9.17) is 22.2 Å². The van der Waals surface area contributed by atoms with Gasteiger partial charge in [-0.25, -0.2) is 5.84 Å². The van der Waals surface area contributed by atoms with Crippen molar-refractivity contribution in [2.45, 2.75) is 50.9 Å². The second kappa shape index (κ2) is 8.06. The number of benzene rings is 1. The molecule has 0 unspecified atom stereocenters. The fraction of sp³-hybridized carbons (Fsp3) is 0.400. The number of pyridine rings is 1. The Hall–Kier alpha value is -2.11. The topological polar surface area (TPSA) is 77.2 Å². The number of carbonyl (C=O) groups excluding carboxylic acids is 1. The van der Waals surface area contributed by atoms with Crippen molar-refractivity contribution in [1.29, 1.82) is 0 Å². The molecule has 0 saturated heterocycles. The van der Waals surface area contributed by atoms with Crippen LogP contribution in [0.2, 0.25) is 5.02 Å². The first-order chi connectivity index (χ1) is 12.6. The van der Waals surface area contributed by atoms with Gasteiger partial charge in [0.05, 0.1) is 11.1 Å². The molecule has 26 heavy (non-hydrogen) atoms. The number of hydrogen-bond donors (Lipinski definition) is 2. The highest BCUT2D eigenvalue weighted by molar-refractivity contribution is 6.31. The van der Waals surface area contributed by atoms with Gasteiger partial charge < -0.3 is 4.74 Å². The average molecular weight is 374 g/mol. The monoisotopic (exact) mass is 373 g/mol. The molecule has 1 aliphatic carbocycles. The van der Waals surface area contributed by atoms with E-state index in [-0.39, 0.29) is 5.91 Å². The van der Waals surface area contributed by atoms with Gasteiger partial charge in [-0.3, -0.25) is 15.2 Å². The van der Waals surface area contributed by atoms with Gasteiger partial charge in [0.1, 0.15) is 11.5 Å². The van der Waals surface area contributed by atoms with Gasteiger partial charge in [0.15, 0.2) is 0 Å². The molecule has 1 aliphatic rings. The Kier molecular flexibility index (Phi) is 5.79. The molecule has 0 atom stereocenters. The van der Waals surface area contributed by atoms with Gasteiger partial charge >= 0.3 is 0 Å². The molecule has 0 bridgehead atoms. The predicted molar refractivity (Wildman–Crippen MR) is 102 cm³/mol. The summed E-state index contributed by atoms with van der Waals surface area (Å²) in [6, 6.07) is 9.18. The number of nitrogens with one attached hydrogen (secondary N) is 1. The molecule has 1 aromatic heterocycles. The molecule has 0 aliphatic heterocycles. The van der Waals surface area contributed by atoms with Crippen LogP contribution in [0.3, 0.4) is 0 Å². The van der Waals surface area contributed by atoms with Crippen molar-refractivity contribution >= 4 is 17.5 Å². The molecule has 1 amide bonds. The Morgan fingerprint density at radius 3 is 2.54 bits per heavy atom. The van der Waals surface area contributed by atoms with Gasteiger partial charge in [-0.1, -0.05) is 43.4 Å². The molecule has 3 rings (SSSR count). The number of rotatable bonds is 4. The highest BCUT2D eigenvalue weighted by Crippen LogP contribution is 2.43. The van der Waals surface area contributed by atoms with Gasteiger partial charge in [0.25, 0.3) is 0 Å². The van der Waals surface area contributed by atoms with Crippen LogP contribution in [0.15, 0.2) is 36.5 Å². The normalized spacial score (nSPS) is 16.6. The second-order valence-corrected chi connectivity index (χ2v) is 7.19. The summed E-state index contributed by atoms with van der Waals surface area (Å²) in [4.78, 5) is 17.4. The van der Waals surface area contributed by atoms with Crippen LogP contribution in [0.4, 0.5) is 0 Å². The zero-order valence-corrected chi connectivity index (χ0v) is 15.7. The maximum Gasteiger partial charge on any atom is 0.246 e. The Morgan fingerprint density at radius 1 is 1.15 bits per heavy atom. The van der Waals surface area contributed by atoms with Crippen molar-refractivity contribution in [3.8, 4) is 11.5 Å². The van der Waals surface area contributed by atoms with Crippen molar-refractivity contribution in [1.82, 2.24) is 10.4 Å². The van der Waals surface area contributed by atoms with E-state index in [9.17, 15) is 4.79 Å². The standard InChI is InChI=1S/C20H24ClN3O2/c1-14-15(21)8-6-9-16(14)26-17-10-7-13-23-18(17)20(19(25)24-22)11-4-2-3-5-12-20/h6-10,13H,2-5,11-12,22H2,1H3,(H,24,25). The number of nitrogens with zero attached hydrogens (tertiary/aromatic N) is 1. The average Bonchev–Trinajstić information content (AvgIpc) is 2.92. The Bertz CT molecular complexity index is 786. The molecular weight excluding hydrogens is 350 g/mol. The van der Waals surface area contributed by atoms with Crippen LogP contribution in [0.25, 0.3) is 0 Å². The number of hydrazine groups is 1. The first kappa shape index (κ1) is 18.7. The van der Waals surface area contributed by atoms with Gasteiger partial charge in [0.2, 0.25) is 5.91 Å². The molecule has 0 spiro atoms. The second-order valence-electron chi connectivity index (χ2n) is 6.78. The van der Waals surface area contributed by atoms with E-state index in [2.05, 4.69) is 10.4 Å². The lowest BCUT2D eigenvalue weighted by Gasteiger charge is -2.31. The van der Waals surface area contributed by atoms with Crippen LogP contribution < -0.4 is 16.0 Å².